The number of pyridine rings is 2. The van der Waals surface area contributed by atoms with Crippen molar-refractivity contribution in [3.8, 4) is 11.4 Å². The molecule has 2 nitrogen and oxygen atoms in total. The van der Waals surface area contributed by atoms with E-state index in [4.69, 9.17) is 0 Å². The first-order valence-corrected chi connectivity index (χ1v) is 5.75. The standard InChI is InChI=1S/C14H14N2/c1-10-7-8-12-5-2-4-11-6-3-9-15-13(11)14(12)16-10/h3,6-9H,2,4-5H2,1H3. The highest BCUT2D eigenvalue weighted by Crippen LogP contribution is 2.28. The minimum absolute atomic E-state index is 1.07. The molecule has 0 unspecified atom stereocenters. The Labute approximate surface area is 95.4 Å². The summed E-state index contributed by atoms with van der Waals surface area (Å²) in [5, 5.41) is 0. The molecule has 80 valence electrons. The van der Waals surface area contributed by atoms with Gasteiger partial charge in [0.2, 0.25) is 0 Å². The molecule has 16 heavy (non-hydrogen) atoms. The van der Waals surface area contributed by atoms with Crippen molar-refractivity contribution in [2.75, 3.05) is 0 Å². The highest BCUT2D eigenvalue weighted by Gasteiger charge is 2.16. The highest BCUT2D eigenvalue weighted by atomic mass is 14.8. The molecule has 1 aliphatic carbocycles. The Hall–Kier alpha value is -1.70. The number of nitrogens with zero attached hydrogens (tertiary/aromatic N) is 2. The third kappa shape index (κ3) is 1.51. The molecule has 0 bridgehead atoms. The third-order valence-corrected chi connectivity index (χ3v) is 3.13. The van der Waals surface area contributed by atoms with Crippen molar-refractivity contribution in [1.29, 1.82) is 0 Å². The maximum atomic E-state index is 4.65. The normalized spacial score (nSPS) is 13.8. The number of fused-ring (bicyclic) bond motifs is 3. The van der Waals surface area contributed by atoms with Gasteiger partial charge in [0, 0.05) is 11.9 Å². The van der Waals surface area contributed by atoms with Gasteiger partial charge in [0.1, 0.15) is 0 Å². The van der Waals surface area contributed by atoms with Gasteiger partial charge in [-0.15, -0.1) is 0 Å². The zero-order valence-electron chi connectivity index (χ0n) is 9.40. The minimum atomic E-state index is 1.07. The second-order valence-electron chi connectivity index (χ2n) is 4.33. The molecule has 2 heterocycles. The molecular formula is C14H14N2. The van der Waals surface area contributed by atoms with Crippen LogP contribution in [0.4, 0.5) is 0 Å². The van der Waals surface area contributed by atoms with E-state index >= 15 is 0 Å². The number of hydrogen-bond acceptors (Lipinski definition) is 2. The molecule has 3 rings (SSSR count). The Morgan fingerprint density at radius 2 is 1.81 bits per heavy atom. The Morgan fingerprint density at radius 3 is 2.69 bits per heavy atom. The molecule has 0 spiro atoms. The summed E-state index contributed by atoms with van der Waals surface area (Å²) in [6.07, 6.45) is 5.27. The van der Waals surface area contributed by atoms with Gasteiger partial charge in [-0.3, -0.25) is 9.97 Å². The van der Waals surface area contributed by atoms with E-state index in [1.165, 1.54) is 17.5 Å². The van der Waals surface area contributed by atoms with Crippen LogP contribution in [0.15, 0.2) is 30.5 Å². The highest BCUT2D eigenvalue weighted by molar-refractivity contribution is 5.64. The number of rotatable bonds is 0. The van der Waals surface area contributed by atoms with Gasteiger partial charge in [0.05, 0.1) is 11.4 Å². The molecule has 0 aliphatic heterocycles. The van der Waals surface area contributed by atoms with Gasteiger partial charge < -0.3 is 0 Å². The predicted molar refractivity (Wildman–Crippen MR) is 64.2 cm³/mol. The second-order valence-corrected chi connectivity index (χ2v) is 4.33. The zero-order chi connectivity index (χ0) is 11.0. The summed E-state index contributed by atoms with van der Waals surface area (Å²) in [6, 6.07) is 8.47. The topological polar surface area (TPSA) is 25.8 Å². The summed E-state index contributed by atoms with van der Waals surface area (Å²) in [5.74, 6) is 0. The summed E-state index contributed by atoms with van der Waals surface area (Å²) < 4.78 is 0. The van der Waals surface area contributed by atoms with E-state index < -0.39 is 0 Å². The van der Waals surface area contributed by atoms with Gasteiger partial charge in [-0.05, 0) is 49.4 Å². The van der Waals surface area contributed by atoms with Crippen LogP contribution in [-0.4, -0.2) is 9.97 Å². The van der Waals surface area contributed by atoms with Crippen molar-refractivity contribution in [2.24, 2.45) is 0 Å². The lowest BCUT2D eigenvalue weighted by atomic mass is 10.1. The summed E-state index contributed by atoms with van der Waals surface area (Å²) in [5.41, 5.74) is 5.91. The lowest BCUT2D eigenvalue weighted by Gasteiger charge is -2.07. The van der Waals surface area contributed by atoms with Crippen molar-refractivity contribution in [2.45, 2.75) is 26.2 Å². The zero-order valence-corrected chi connectivity index (χ0v) is 9.40. The molecule has 2 aromatic heterocycles. The van der Waals surface area contributed by atoms with E-state index in [-0.39, 0.29) is 0 Å². The van der Waals surface area contributed by atoms with Gasteiger partial charge >= 0.3 is 0 Å². The molecular weight excluding hydrogens is 196 g/mol. The van der Waals surface area contributed by atoms with Crippen LogP contribution in [0, 0.1) is 6.92 Å². The Balaban J connectivity index is 2.28. The lowest BCUT2D eigenvalue weighted by Crippen LogP contribution is -1.95. The van der Waals surface area contributed by atoms with Gasteiger partial charge in [-0.2, -0.15) is 0 Å². The minimum Gasteiger partial charge on any atom is -0.254 e. The van der Waals surface area contributed by atoms with Crippen LogP contribution >= 0.6 is 0 Å². The Kier molecular flexibility index (Phi) is 2.21. The maximum Gasteiger partial charge on any atom is 0.0924 e. The third-order valence-electron chi connectivity index (χ3n) is 3.13. The first-order chi connectivity index (χ1) is 7.84. The van der Waals surface area contributed by atoms with E-state index in [1.54, 1.807) is 0 Å². The van der Waals surface area contributed by atoms with Gasteiger partial charge in [0.15, 0.2) is 0 Å². The molecule has 0 aromatic carbocycles. The maximum absolute atomic E-state index is 4.65. The summed E-state index contributed by atoms with van der Waals surface area (Å²) >= 11 is 0. The van der Waals surface area contributed by atoms with Crippen LogP contribution in [0.25, 0.3) is 11.4 Å². The van der Waals surface area contributed by atoms with Crippen molar-refractivity contribution >= 4 is 0 Å². The molecule has 0 saturated carbocycles. The Bertz CT molecular complexity index is 532. The van der Waals surface area contributed by atoms with Crippen molar-refractivity contribution in [3.63, 3.8) is 0 Å². The van der Waals surface area contributed by atoms with E-state index in [1.807, 2.05) is 19.2 Å². The van der Waals surface area contributed by atoms with E-state index in [0.29, 0.717) is 0 Å². The van der Waals surface area contributed by atoms with Gasteiger partial charge in [0.25, 0.3) is 0 Å². The smallest absolute Gasteiger partial charge is 0.0924 e. The van der Waals surface area contributed by atoms with Crippen LogP contribution in [0.1, 0.15) is 23.2 Å². The fourth-order valence-corrected chi connectivity index (χ4v) is 2.32. The molecule has 0 amide bonds. The fourth-order valence-electron chi connectivity index (χ4n) is 2.32. The molecule has 0 fully saturated rings. The molecule has 2 heteroatoms. The van der Waals surface area contributed by atoms with Crippen molar-refractivity contribution < 1.29 is 0 Å². The van der Waals surface area contributed by atoms with Crippen LogP contribution in [0.5, 0.6) is 0 Å². The van der Waals surface area contributed by atoms with Crippen LogP contribution in [0.3, 0.4) is 0 Å². The summed E-state index contributed by atoms with van der Waals surface area (Å²) in [4.78, 5) is 9.15. The summed E-state index contributed by atoms with van der Waals surface area (Å²) in [7, 11) is 0. The molecule has 0 atom stereocenters. The fraction of sp³-hybridized carbons (Fsp3) is 0.286. The Morgan fingerprint density at radius 1 is 1.00 bits per heavy atom. The van der Waals surface area contributed by atoms with Gasteiger partial charge in [-0.1, -0.05) is 12.1 Å². The first kappa shape index (κ1) is 9.52. The molecule has 1 aliphatic rings. The first-order valence-electron chi connectivity index (χ1n) is 5.75. The number of hydrogen-bond donors (Lipinski definition) is 0. The van der Waals surface area contributed by atoms with E-state index in [2.05, 4.69) is 28.2 Å². The summed E-state index contributed by atoms with van der Waals surface area (Å²) in [6.45, 7) is 2.04. The van der Waals surface area contributed by atoms with Crippen molar-refractivity contribution in [1.82, 2.24) is 9.97 Å². The van der Waals surface area contributed by atoms with Crippen LogP contribution < -0.4 is 0 Å². The lowest BCUT2D eigenvalue weighted by molar-refractivity contribution is 0.831. The van der Waals surface area contributed by atoms with Crippen molar-refractivity contribution in [3.05, 3.63) is 47.3 Å². The van der Waals surface area contributed by atoms with E-state index in [0.717, 1.165) is 29.9 Å². The largest absolute Gasteiger partial charge is 0.254 e. The van der Waals surface area contributed by atoms with E-state index in [9.17, 15) is 0 Å². The quantitative estimate of drug-likeness (QED) is 0.668. The molecule has 0 radical (unpaired) electrons. The van der Waals surface area contributed by atoms with Gasteiger partial charge in [-0.25, -0.2) is 0 Å². The molecule has 0 saturated heterocycles. The number of aryl methyl sites for hydroxylation is 3. The average Bonchev–Trinajstić information content (AvgIpc) is 2.48. The predicted octanol–water partition coefficient (Wildman–Crippen LogP) is 2.94. The molecule has 0 N–H and O–H groups in total. The second kappa shape index (κ2) is 3.71. The molecule has 2 aromatic rings. The monoisotopic (exact) mass is 210 g/mol. The number of aromatic nitrogens is 2. The van der Waals surface area contributed by atoms with Crippen LogP contribution in [-0.2, 0) is 12.8 Å². The van der Waals surface area contributed by atoms with Crippen LogP contribution in [0.2, 0.25) is 0 Å². The average molecular weight is 210 g/mol. The SMILES string of the molecule is Cc1ccc2c(n1)-c1ncccc1CCC2.